The quantitative estimate of drug-likeness (QED) is 0.674. The summed E-state index contributed by atoms with van der Waals surface area (Å²) in [5.74, 6) is -1.10. The maximum atomic E-state index is 13.2. The van der Waals surface area contributed by atoms with Crippen molar-refractivity contribution in [3.8, 4) is 0 Å². The number of aliphatic hydroxyl groups is 1. The molecule has 1 amide bonds. The number of nitro benzene ring substituents is 1. The molecule has 6 nitrogen and oxygen atoms in total. The molecule has 7 heteroatoms. The molecule has 108 valence electrons. The van der Waals surface area contributed by atoms with E-state index in [9.17, 15) is 19.3 Å². The molecule has 0 spiro atoms. The van der Waals surface area contributed by atoms with Crippen LogP contribution in [0.5, 0.6) is 0 Å². The van der Waals surface area contributed by atoms with Gasteiger partial charge in [0.05, 0.1) is 4.92 Å². The fourth-order valence-corrected chi connectivity index (χ4v) is 2.29. The Morgan fingerprint density at radius 3 is 2.65 bits per heavy atom. The number of carbonyl (C=O) groups excluding carboxylic acids is 1. The lowest BCUT2D eigenvalue weighted by atomic mass is 9.97. The van der Waals surface area contributed by atoms with Crippen molar-refractivity contribution in [3.05, 3.63) is 39.7 Å². The number of likely N-dealkylation sites (tertiary alicyclic amines) is 1. The maximum absolute atomic E-state index is 13.2. The summed E-state index contributed by atoms with van der Waals surface area (Å²) in [5.41, 5.74) is -0.582. The van der Waals surface area contributed by atoms with Gasteiger partial charge in [0.25, 0.3) is 5.91 Å². The topological polar surface area (TPSA) is 83.7 Å². The van der Waals surface area contributed by atoms with Crippen LogP contribution in [-0.4, -0.2) is 40.5 Å². The van der Waals surface area contributed by atoms with Crippen molar-refractivity contribution in [2.24, 2.45) is 5.92 Å². The van der Waals surface area contributed by atoms with Crippen molar-refractivity contribution in [3.63, 3.8) is 0 Å². The largest absolute Gasteiger partial charge is 0.396 e. The van der Waals surface area contributed by atoms with Crippen LogP contribution in [0.2, 0.25) is 0 Å². The Labute approximate surface area is 115 Å². The molecule has 1 aromatic rings. The van der Waals surface area contributed by atoms with Gasteiger partial charge in [-0.05, 0) is 30.9 Å². The van der Waals surface area contributed by atoms with Crippen LogP contribution in [0.4, 0.5) is 10.1 Å². The van der Waals surface area contributed by atoms with E-state index < -0.39 is 16.4 Å². The molecule has 1 N–H and O–H groups in total. The highest BCUT2D eigenvalue weighted by Gasteiger charge is 2.25. The van der Waals surface area contributed by atoms with Crippen molar-refractivity contribution in [1.82, 2.24) is 4.90 Å². The minimum Gasteiger partial charge on any atom is -0.396 e. The Kier molecular flexibility index (Phi) is 4.29. The lowest BCUT2D eigenvalue weighted by molar-refractivity contribution is -0.387. The van der Waals surface area contributed by atoms with Crippen LogP contribution in [0.3, 0.4) is 0 Å². The van der Waals surface area contributed by atoms with Crippen molar-refractivity contribution in [2.75, 3.05) is 19.7 Å². The molecule has 1 heterocycles. The third-order valence-electron chi connectivity index (χ3n) is 3.55. The number of hydrogen-bond acceptors (Lipinski definition) is 4. The summed E-state index contributed by atoms with van der Waals surface area (Å²) in [6, 6.07) is 3.16. The number of nitrogens with zero attached hydrogens (tertiary/aromatic N) is 2. The van der Waals surface area contributed by atoms with Crippen molar-refractivity contribution in [2.45, 2.75) is 12.8 Å². The summed E-state index contributed by atoms with van der Waals surface area (Å²) in [6.45, 7) is 1.09. The second-order valence-electron chi connectivity index (χ2n) is 4.84. The van der Waals surface area contributed by atoms with Gasteiger partial charge in [-0.15, -0.1) is 0 Å². The number of hydrogen-bond donors (Lipinski definition) is 1. The number of carbonyl (C=O) groups is 1. The van der Waals surface area contributed by atoms with E-state index in [2.05, 4.69) is 0 Å². The molecule has 0 atom stereocenters. The smallest absolute Gasteiger partial charge is 0.305 e. The molecule has 1 aromatic carbocycles. The van der Waals surface area contributed by atoms with E-state index in [0.717, 1.165) is 12.1 Å². The first-order valence-corrected chi connectivity index (χ1v) is 6.37. The molecule has 1 aliphatic heterocycles. The SMILES string of the molecule is O=C(c1ccc(F)c([N+](=O)[O-])c1)N1CCC(CO)CC1. The lowest BCUT2D eigenvalue weighted by Crippen LogP contribution is -2.39. The van der Waals surface area contributed by atoms with E-state index in [1.54, 1.807) is 4.90 Å². The number of aliphatic hydroxyl groups excluding tert-OH is 1. The zero-order valence-corrected chi connectivity index (χ0v) is 10.8. The van der Waals surface area contributed by atoms with E-state index >= 15 is 0 Å². The summed E-state index contributed by atoms with van der Waals surface area (Å²) in [7, 11) is 0. The lowest BCUT2D eigenvalue weighted by Gasteiger charge is -2.31. The number of halogens is 1. The molecule has 0 saturated carbocycles. The van der Waals surface area contributed by atoms with Crippen LogP contribution in [-0.2, 0) is 0 Å². The number of nitro groups is 1. The first-order chi connectivity index (χ1) is 9.52. The normalized spacial score (nSPS) is 16.2. The summed E-state index contributed by atoms with van der Waals surface area (Å²) in [6.07, 6.45) is 1.40. The Hall–Kier alpha value is -2.02. The third-order valence-corrected chi connectivity index (χ3v) is 3.55. The van der Waals surface area contributed by atoms with Crippen LogP contribution in [0, 0.1) is 21.8 Å². The average Bonchev–Trinajstić information content (AvgIpc) is 2.47. The molecule has 20 heavy (non-hydrogen) atoms. The number of rotatable bonds is 3. The standard InChI is InChI=1S/C13H15FN2O4/c14-11-2-1-10(7-12(11)16(19)20)13(18)15-5-3-9(8-17)4-6-15/h1-2,7,9,17H,3-6,8H2. The zero-order chi connectivity index (χ0) is 14.7. The van der Waals surface area contributed by atoms with Gasteiger partial charge in [-0.2, -0.15) is 4.39 Å². The van der Waals surface area contributed by atoms with Gasteiger partial charge >= 0.3 is 5.69 Å². The van der Waals surface area contributed by atoms with Crippen molar-refractivity contribution in [1.29, 1.82) is 0 Å². The fourth-order valence-electron chi connectivity index (χ4n) is 2.29. The summed E-state index contributed by atoms with van der Waals surface area (Å²) >= 11 is 0. The van der Waals surface area contributed by atoms with E-state index in [1.807, 2.05) is 0 Å². The Balaban J connectivity index is 2.14. The van der Waals surface area contributed by atoms with Gasteiger partial charge in [0, 0.05) is 31.3 Å². The second kappa shape index (κ2) is 5.96. The van der Waals surface area contributed by atoms with E-state index in [0.29, 0.717) is 25.9 Å². The van der Waals surface area contributed by atoms with Crippen LogP contribution in [0.25, 0.3) is 0 Å². The third kappa shape index (κ3) is 2.93. The number of piperidine rings is 1. The number of amides is 1. The molecule has 0 aliphatic carbocycles. The highest BCUT2D eigenvalue weighted by atomic mass is 19.1. The molecule has 1 saturated heterocycles. The minimum absolute atomic E-state index is 0.101. The summed E-state index contributed by atoms with van der Waals surface area (Å²) < 4.78 is 13.2. The van der Waals surface area contributed by atoms with Gasteiger partial charge in [-0.1, -0.05) is 0 Å². The summed E-state index contributed by atoms with van der Waals surface area (Å²) in [5, 5.41) is 19.7. The zero-order valence-electron chi connectivity index (χ0n) is 10.8. The summed E-state index contributed by atoms with van der Waals surface area (Å²) in [4.78, 5) is 23.6. The van der Waals surface area contributed by atoms with E-state index in [1.165, 1.54) is 6.07 Å². The maximum Gasteiger partial charge on any atom is 0.305 e. The minimum atomic E-state index is -0.953. The Bertz CT molecular complexity index is 527. The molecule has 1 fully saturated rings. The molecule has 0 radical (unpaired) electrons. The van der Waals surface area contributed by atoms with Crippen LogP contribution in [0.15, 0.2) is 18.2 Å². The molecule has 0 unspecified atom stereocenters. The van der Waals surface area contributed by atoms with Gasteiger partial charge in [0.2, 0.25) is 5.82 Å². The van der Waals surface area contributed by atoms with Gasteiger partial charge in [0.15, 0.2) is 0 Å². The predicted molar refractivity (Wildman–Crippen MR) is 68.8 cm³/mol. The van der Waals surface area contributed by atoms with Gasteiger partial charge in [-0.3, -0.25) is 14.9 Å². The predicted octanol–water partition coefficient (Wildman–Crippen LogP) is 1.58. The van der Waals surface area contributed by atoms with Crippen molar-refractivity contribution >= 4 is 11.6 Å². The van der Waals surface area contributed by atoms with Crippen molar-refractivity contribution < 1.29 is 19.2 Å². The first-order valence-electron chi connectivity index (χ1n) is 6.37. The van der Waals surface area contributed by atoms with Gasteiger partial charge in [-0.25, -0.2) is 0 Å². The monoisotopic (exact) mass is 282 g/mol. The number of benzene rings is 1. The molecule has 1 aliphatic rings. The highest BCUT2D eigenvalue weighted by molar-refractivity contribution is 5.94. The molecule has 0 bridgehead atoms. The van der Waals surface area contributed by atoms with Gasteiger partial charge < -0.3 is 10.0 Å². The second-order valence-corrected chi connectivity index (χ2v) is 4.84. The van der Waals surface area contributed by atoms with Gasteiger partial charge in [0.1, 0.15) is 0 Å². The van der Waals surface area contributed by atoms with Crippen LogP contribution >= 0.6 is 0 Å². The molecule has 2 rings (SSSR count). The fraction of sp³-hybridized carbons (Fsp3) is 0.462. The Morgan fingerprint density at radius 1 is 1.45 bits per heavy atom. The highest BCUT2D eigenvalue weighted by Crippen LogP contribution is 2.22. The first kappa shape index (κ1) is 14.4. The van der Waals surface area contributed by atoms with E-state index in [-0.39, 0.29) is 24.0 Å². The van der Waals surface area contributed by atoms with E-state index in [4.69, 9.17) is 5.11 Å². The van der Waals surface area contributed by atoms with Crippen LogP contribution in [0.1, 0.15) is 23.2 Å². The van der Waals surface area contributed by atoms with Crippen LogP contribution < -0.4 is 0 Å². The Morgan fingerprint density at radius 2 is 2.10 bits per heavy atom. The average molecular weight is 282 g/mol. The molecular formula is C13H15FN2O4. The molecular weight excluding hydrogens is 267 g/mol. The molecule has 0 aromatic heterocycles.